The van der Waals surface area contributed by atoms with E-state index >= 15 is 0 Å². The molecule has 5 nitrogen and oxygen atoms in total. The summed E-state index contributed by atoms with van der Waals surface area (Å²) in [6.45, 7) is 4.42. The number of carbonyl (C=O) groups is 1. The van der Waals surface area contributed by atoms with Crippen molar-refractivity contribution in [3.05, 3.63) is 75.1 Å². The molecule has 1 N–H and O–H groups in total. The van der Waals surface area contributed by atoms with Crippen molar-refractivity contribution in [2.75, 3.05) is 7.11 Å². The van der Waals surface area contributed by atoms with E-state index in [9.17, 15) is 9.59 Å². The van der Waals surface area contributed by atoms with Gasteiger partial charge in [0.1, 0.15) is 5.75 Å². The molecule has 1 aromatic heterocycles. The Kier molecular flexibility index (Phi) is 5.62. The summed E-state index contributed by atoms with van der Waals surface area (Å²) in [4.78, 5) is 31.1. The third-order valence-corrected chi connectivity index (χ3v) is 6.24. The lowest BCUT2D eigenvalue weighted by molar-refractivity contribution is 0.0664. The minimum atomic E-state index is -0.128. The highest BCUT2D eigenvalue weighted by molar-refractivity contribution is 5.94. The molecular weight excluding hydrogens is 376 g/mol. The van der Waals surface area contributed by atoms with Crippen LogP contribution in [0.25, 0.3) is 10.9 Å². The number of aryl methyl sites for hydroxylation is 2. The van der Waals surface area contributed by atoms with Gasteiger partial charge in [0.05, 0.1) is 13.7 Å². The van der Waals surface area contributed by atoms with Crippen LogP contribution >= 0.6 is 0 Å². The van der Waals surface area contributed by atoms with Gasteiger partial charge in [-0.15, -0.1) is 0 Å². The van der Waals surface area contributed by atoms with Crippen LogP contribution in [0.15, 0.2) is 47.3 Å². The first kappa shape index (κ1) is 20.2. The Morgan fingerprint density at radius 2 is 1.73 bits per heavy atom. The second-order valence-electron chi connectivity index (χ2n) is 8.25. The highest BCUT2D eigenvalue weighted by Crippen LogP contribution is 2.27. The van der Waals surface area contributed by atoms with E-state index in [0.29, 0.717) is 17.7 Å². The van der Waals surface area contributed by atoms with Crippen LogP contribution in [-0.2, 0) is 6.54 Å². The van der Waals surface area contributed by atoms with Crippen LogP contribution in [0, 0.1) is 13.8 Å². The second kappa shape index (κ2) is 8.34. The van der Waals surface area contributed by atoms with Gasteiger partial charge in [-0.1, -0.05) is 12.8 Å². The van der Waals surface area contributed by atoms with Crippen molar-refractivity contribution in [2.24, 2.45) is 0 Å². The zero-order valence-electron chi connectivity index (χ0n) is 17.8. The molecule has 4 rings (SSSR count). The second-order valence-corrected chi connectivity index (χ2v) is 8.25. The van der Waals surface area contributed by atoms with E-state index in [1.54, 1.807) is 31.4 Å². The average molecular weight is 405 g/mol. The van der Waals surface area contributed by atoms with Crippen LogP contribution in [-0.4, -0.2) is 28.9 Å². The Balaban J connectivity index is 1.69. The van der Waals surface area contributed by atoms with E-state index in [-0.39, 0.29) is 17.5 Å². The van der Waals surface area contributed by atoms with Crippen LogP contribution < -0.4 is 10.3 Å². The normalized spacial score (nSPS) is 14.2. The predicted octanol–water partition coefficient (Wildman–Crippen LogP) is 4.74. The summed E-state index contributed by atoms with van der Waals surface area (Å²) in [6, 6.07) is 13.4. The van der Waals surface area contributed by atoms with E-state index in [2.05, 4.69) is 18.0 Å². The maximum atomic E-state index is 13.4. The van der Waals surface area contributed by atoms with Gasteiger partial charge in [0.25, 0.3) is 11.5 Å². The highest BCUT2D eigenvalue weighted by atomic mass is 16.5. The summed E-state index contributed by atoms with van der Waals surface area (Å²) in [5.74, 6) is 0.680. The number of benzene rings is 2. The lowest BCUT2D eigenvalue weighted by Gasteiger charge is -2.29. The third-order valence-electron chi connectivity index (χ3n) is 6.24. The first-order valence-electron chi connectivity index (χ1n) is 10.5. The summed E-state index contributed by atoms with van der Waals surface area (Å²) >= 11 is 0. The topological polar surface area (TPSA) is 62.4 Å². The number of rotatable bonds is 5. The minimum absolute atomic E-state index is 0.0378. The number of hydrogen-bond acceptors (Lipinski definition) is 3. The van der Waals surface area contributed by atoms with Crippen molar-refractivity contribution in [1.82, 2.24) is 9.88 Å². The van der Waals surface area contributed by atoms with Gasteiger partial charge >= 0.3 is 0 Å². The van der Waals surface area contributed by atoms with Crippen LogP contribution in [0.4, 0.5) is 0 Å². The molecule has 0 spiro atoms. The van der Waals surface area contributed by atoms with Crippen molar-refractivity contribution in [3.63, 3.8) is 0 Å². The summed E-state index contributed by atoms with van der Waals surface area (Å²) in [5, 5.41) is 0.996. The fourth-order valence-electron chi connectivity index (χ4n) is 4.31. The molecule has 2 aromatic carbocycles. The highest BCUT2D eigenvalue weighted by Gasteiger charge is 2.28. The first-order chi connectivity index (χ1) is 14.5. The van der Waals surface area contributed by atoms with Crippen molar-refractivity contribution >= 4 is 16.8 Å². The number of nitrogens with zero attached hydrogens (tertiary/aromatic N) is 1. The van der Waals surface area contributed by atoms with Crippen molar-refractivity contribution in [1.29, 1.82) is 0 Å². The monoisotopic (exact) mass is 404 g/mol. The number of aromatic nitrogens is 1. The molecule has 1 aliphatic carbocycles. The average Bonchev–Trinajstić information content (AvgIpc) is 3.28. The van der Waals surface area contributed by atoms with Gasteiger partial charge in [-0.05, 0) is 85.7 Å². The van der Waals surface area contributed by atoms with Gasteiger partial charge < -0.3 is 14.6 Å². The van der Waals surface area contributed by atoms with E-state index in [4.69, 9.17) is 4.74 Å². The lowest BCUT2D eigenvalue weighted by atomic mass is 10.0. The molecule has 156 valence electrons. The maximum Gasteiger partial charge on any atom is 0.254 e. The van der Waals surface area contributed by atoms with E-state index in [0.717, 1.165) is 47.9 Å². The van der Waals surface area contributed by atoms with Gasteiger partial charge in [0.15, 0.2) is 0 Å². The summed E-state index contributed by atoms with van der Waals surface area (Å²) in [5.41, 5.74) is 4.28. The zero-order valence-corrected chi connectivity index (χ0v) is 17.8. The molecule has 3 aromatic rings. The van der Waals surface area contributed by atoms with Gasteiger partial charge in [0.2, 0.25) is 0 Å². The van der Waals surface area contributed by atoms with Crippen molar-refractivity contribution in [3.8, 4) is 5.75 Å². The largest absolute Gasteiger partial charge is 0.497 e. The number of amides is 1. The SMILES string of the molecule is COc1ccc(C(=O)N(Cc2cc3cc(C)c(C)cc3[nH]c2=O)C2CCCC2)cc1. The lowest BCUT2D eigenvalue weighted by Crippen LogP contribution is -2.39. The molecule has 0 saturated heterocycles. The molecular formula is C25H28N2O3. The van der Waals surface area contributed by atoms with Crippen molar-refractivity contribution in [2.45, 2.75) is 52.1 Å². The minimum Gasteiger partial charge on any atom is -0.497 e. The van der Waals surface area contributed by atoms with Gasteiger partial charge in [0, 0.05) is 22.7 Å². The molecule has 30 heavy (non-hydrogen) atoms. The third kappa shape index (κ3) is 3.97. The molecule has 1 aliphatic rings. The molecule has 0 unspecified atom stereocenters. The number of ether oxygens (including phenoxy) is 1. The Morgan fingerprint density at radius 3 is 2.40 bits per heavy atom. The number of carbonyl (C=O) groups excluding carboxylic acids is 1. The number of fused-ring (bicyclic) bond motifs is 1. The summed E-state index contributed by atoms with van der Waals surface area (Å²) in [6.07, 6.45) is 4.19. The Hall–Kier alpha value is -3.08. The molecule has 5 heteroatoms. The molecule has 1 heterocycles. The summed E-state index contributed by atoms with van der Waals surface area (Å²) < 4.78 is 5.21. The van der Waals surface area contributed by atoms with Crippen LogP contribution in [0.1, 0.15) is 52.7 Å². The molecule has 0 radical (unpaired) electrons. The fourth-order valence-corrected chi connectivity index (χ4v) is 4.31. The Labute approximate surface area is 176 Å². The standard InChI is InChI=1S/C25H28N2O3/c1-16-12-19-14-20(24(28)26-23(19)13-17(16)2)15-27(21-6-4-5-7-21)25(29)18-8-10-22(30-3)11-9-18/h8-14,21H,4-7,15H2,1-3H3,(H,26,28). The Morgan fingerprint density at radius 1 is 1.07 bits per heavy atom. The molecule has 1 amide bonds. The Bertz CT molecular complexity index is 1130. The van der Waals surface area contributed by atoms with Crippen LogP contribution in [0.3, 0.4) is 0 Å². The van der Waals surface area contributed by atoms with Gasteiger partial charge in [-0.25, -0.2) is 0 Å². The number of nitrogens with one attached hydrogen (secondary N) is 1. The maximum absolute atomic E-state index is 13.4. The number of pyridine rings is 1. The quantitative estimate of drug-likeness (QED) is 0.668. The zero-order chi connectivity index (χ0) is 21.3. The number of H-pyrrole nitrogens is 1. The van der Waals surface area contributed by atoms with Crippen LogP contribution in [0.2, 0.25) is 0 Å². The van der Waals surface area contributed by atoms with Gasteiger partial charge in [-0.3, -0.25) is 9.59 Å². The molecule has 0 atom stereocenters. The fraction of sp³-hybridized carbons (Fsp3) is 0.360. The smallest absolute Gasteiger partial charge is 0.254 e. The first-order valence-corrected chi connectivity index (χ1v) is 10.5. The van der Waals surface area contributed by atoms with Crippen LogP contribution in [0.5, 0.6) is 5.75 Å². The molecule has 0 aliphatic heterocycles. The van der Waals surface area contributed by atoms with E-state index < -0.39 is 0 Å². The molecule has 1 fully saturated rings. The summed E-state index contributed by atoms with van der Waals surface area (Å²) in [7, 11) is 1.61. The van der Waals surface area contributed by atoms with E-state index in [1.807, 2.05) is 24.0 Å². The predicted molar refractivity (Wildman–Crippen MR) is 119 cm³/mol. The van der Waals surface area contributed by atoms with E-state index in [1.165, 1.54) is 5.56 Å². The number of methoxy groups -OCH3 is 1. The molecule has 1 saturated carbocycles. The van der Waals surface area contributed by atoms with Gasteiger partial charge in [-0.2, -0.15) is 0 Å². The molecule has 0 bridgehead atoms. The van der Waals surface area contributed by atoms with Crippen molar-refractivity contribution < 1.29 is 9.53 Å². The number of hydrogen-bond donors (Lipinski definition) is 1. The number of aromatic amines is 1.